The SMILES string of the molecule is N#CC12CCC(=O)C1CC2. The van der Waals surface area contributed by atoms with Crippen LogP contribution >= 0.6 is 0 Å². The van der Waals surface area contributed by atoms with Gasteiger partial charge in [0.05, 0.1) is 11.5 Å². The van der Waals surface area contributed by atoms with E-state index < -0.39 is 0 Å². The number of carbonyl (C=O) groups excluding carboxylic acids is 1. The van der Waals surface area contributed by atoms with E-state index in [-0.39, 0.29) is 11.3 Å². The summed E-state index contributed by atoms with van der Waals surface area (Å²) in [6, 6.07) is 2.29. The highest BCUT2D eigenvalue weighted by atomic mass is 16.1. The highest BCUT2D eigenvalue weighted by Gasteiger charge is 2.54. The molecule has 2 unspecified atom stereocenters. The normalized spacial score (nSPS) is 43.9. The highest BCUT2D eigenvalue weighted by Crippen LogP contribution is 2.55. The first-order valence-electron chi connectivity index (χ1n) is 3.72. The Hall–Kier alpha value is -0.840. The number of hydrogen-bond acceptors (Lipinski definition) is 2. The Balaban J connectivity index is 2.30. The monoisotopic (exact) mass is 135 g/mol. The van der Waals surface area contributed by atoms with Crippen LogP contribution in [-0.4, -0.2) is 5.78 Å². The summed E-state index contributed by atoms with van der Waals surface area (Å²) in [5.41, 5.74) is -0.197. The molecule has 0 spiro atoms. The van der Waals surface area contributed by atoms with Crippen LogP contribution in [0.3, 0.4) is 0 Å². The fourth-order valence-corrected chi connectivity index (χ4v) is 2.12. The van der Waals surface area contributed by atoms with Crippen LogP contribution in [0, 0.1) is 22.7 Å². The van der Waals surface area contributed by atoms with Crippen molar-refractivity contribution in [3.05, 3.63) is 0 Å². The molecule has 52 valence electrons. The summed E-state index contributed by atoms with van der Waals surface area (Å²) < 4.78 is 0. The third-order valence-corrected chi connectivity index (χ3v) is 2.97. The molecule has 2 fully saturated rings. The summed E-state index contributed by atoms with van der Waals surface area (Å²) in [5.74, 6) is 0.449. The van der Waals surface area contributed by atoms with Crippen molar-refractivity contribution in [1.82, 2.24) is 0 Å². The number of nitriles is 1. The molecule has 0 amide bonds. The highest BCUT2D eigenvalue weighted by molar-refractivity contribution is 5.86. The number of carbonyl (C=O) groups is 1. The van der Waals surface area contributed by atoms with Crippen LogP contribution in [0.4, 0.5) is 0 Å². The molecule has 2 heteroatoms. The van der Waals surface area contributed by atoms with Crippen molar-refractivity contribution in [2.24, 2.45) is 11.3 Å². The smallest absolute Gasteiger partial charge is 0.137 e. The maximum atomic E-state index is 11.0. The van der Waals surface area contributed by atoms with Gasteiger partial charge in [0.25, 0.3) is 0 Å². The molecule has 2 aliphatic carbocycles. The number of Topliss-reactive ketones (excluding diaryl/α,β-unsaturated/α-hetero) is 1. The Labute approximate surface area is 59.8 Å². The molecular formula is C8H9NO. The van der Waals surface area contributed by atoms with Crippen LogP contribution in [0.5, 0.6) is 0 Å². The predicted molar refractivity (Wildman–Crippen MR) is 35.0 cm³/mol. The van der Waals surface area contributed by atoms with Crippen molar-refractivity contribution in [3.63, 3.8) is 0 Å². The lowest BCUT2D eigenvalue weighted by molar-refractivity contribution is -0.124. The summed E-state index contributed by atoms with van der Waals surface area (Å²) in [6.07, 6.45) is 3.40. The molecule has 0 aromatic heterocycles. The quantitative estimate of drug-likeness (QED) is 0.502. The van der Waals surface area contributed by atoms with Crippen molar-refractivity contribution < 1.29 is 4.79 Å². The molecule has 0 bridgehead atoms. The zero-order valence-corrected chi connectivity index (χ0v) is 5.76. The summed E-state index contributed by atoms with van der Waals surface area (Å²) >= 11 is 0. The van der Waals surface area contributed by atoms with Crippen LogP contribution < -0.4 is 0 Å². The summed E-state index contributed by atoms with van der Waals surface area (Å²) in [4.78, 5) is 11.0. The third-order valence-electron chi connectivity index (χ3n) is 2.97. The zero-order valence-electron chi connectivity index (χ0n) is 5.76. The van der Waals surface area contributed by atoms with E-state index in [2.05, 4.69) is 6.07 Å². The average Bonchev–Trinajstić information content (AvgIpc) is 2.06. The molecule has 0 radical (unpaired) electrons. The van der Waals surface area contributed by atoms with Crippen LogP contribution in [-0.2, 0) is 4.79 Å². The van der Waals surface area contributed by atoms with Gasteiger partial charge in [-0.05, 0) is 19.3 Å². The molecule has 2 saturated carbocycles. The molecule has 2 rings (SSSR count). The molecule has 0 aromatic carbocycles. The van der Waals surface area contributed by atoms with Gasteiger partial charge in [0.2, 0.25) is 0 Å². The molecule has 0 aliphatic heterocycles. The standard InChI is InChI=1S/C8H9NO/c9-5-8-3-1-6(8)7(10)2-4-8/h6H,1-4H2. The lowest BCUT2D eigenvalue weighted by atomic mass is 9.63. The van der Waals surface area contributed by atoms with Gasteiger partial charge in [0, 0.05) is 12.3 Å². The van der Waals surface area contributed by atoms with Gasteiger partial charge in [-0.25, -0.2) is 0 Å². The minimum atomic E-state index is -0.197. The van der Waals surface area contributed by atoms with Gasteiger partial charge < -0.3 is 0 Å². The van der Waals surface area contributed by atoms with E-state index in [1.54, 1.807) is 0 Å². The molecule has 2 atom stereocenters. The number of hydrogen-bond donors (Lipinski definition) is 0. The van der Waals surface area contributed by atoms with Gasteiger partial charge in [-0.2, -0.15) is 5.26 Å². The second kappa shape index (κ2) is 1.60. The molecule has 0 N–H and O–H groups in total. The van der Waals surface area contributed by atoms with E-state index in [0.29, 0.717) is 12.2 Å². The molecule has 2 nitrogen and oxygen atoms in total. The Morgan fingerprint density at radius 2 is 2.40 bits per heavy atom. The van der Waals surface area contributed by atoms with Gasteiger partial charge in [-0.15, -0.1) is 0 Å². The molecule has 10 heavy (non-hydrogen) atoms. The van der Waals surface area contributed by atoms with Crippen molar-refractivity contribution in [2.45, 2.75) is 25.7 Å². The largest absolute Gasteiger partial charge is 0.299 e. The third kappa shape index (κ3) is 0.465. The molecule has 0 heterocycles. The summed E-state index contributed by atoms with van der Waals surface area (Å²) in [6.45, 7) is 0. The topological polar surface area (TPSA) is 40.9 Å². The van der Waals surface area contributed by atoms with E-state index in [0.717, 1.165) is 19.3 Å². The first kappa shape index (κ1) is 5.91. The van der Waals surface area contributed by atoms with E-state index in [4.69, 9.17) is 5.26 Å². The first-order chi connectivity index (χ1) is 4.78. The van der Waals surface area contributed by atoms with Crippen molar-refractivity contribution in [3.8, 4) is 6.07 Å². The first-order valence-corrected chi connectivity index (χ1v) is 3.72. The summed E-state index contributed by atoms with van der Waals surface area (Å²) in [7, 11) is 0. The minimum absolute atomic E-state index is 0.123. The van der Waals surface area contributed by atoms with Crippen molar-refractivity contribution >= 4 is 5.78 Å². The predicted octanol–water partition coefficient (Wildman–Crippen LogP) is 1.27. The van der Waals surface area contributed by atoms with Crippen LogP contribution in [0.2, 0.25) is 0 Å². The van der Waals surface area contributed by atoms with Crippen LogP contribution in [0.15, 0.2) is 0 Å². The van der Waals surface area contributed by atoms with Crippen LogP contribution in [0.1, 0.15) is 25.7 Å². The maximum Gasteiger partial charge on any atom is 0.137 e. The number of rotatable bonds is 0. The second-order valence-corrected chi connectivity index (χ2v) is 3.33. The molecule has 2 aliphatic rings. The van der Waals surface area contributed by atoms with E-state index in [9.17, 15) is 4.79 Å². The Bertz CT molecular complexity index is 228. The second-order valence-electron chi connectivity index (χ2n) is 3.33. The number of nitrogens with zero attached hydrogens (tertiary/aromatic N) is 1. The molecule has 0 saturated heterocycles. The van der Waals surface area contributed by atoms with E-state index in [1.165, 1.54) is 0 Å². The fourth-order valence-electron chi connectivity index (χ4n) is 2.12. The summed E-state index contributed by atoms with van der Waals surface area (Å²) in [5, 5.41) is 8.76. The zero-order chi connectivity index (χ0) is 7.19. The van der Waals surface area contributed by atoms with Gasteiger partial charge in [0.1, 0.15) is 5.78 Å². The van der Waals surface area contributed by atoms with Gasteiger partial charge in [-0.3, -0.25) is 4.79 Å². The molecular weight excluding hydrogens is 126 g/mol. The molecule has 0 aromatic rings. The van der Waals surface area contributed by atoms with Crippen molar-refractivity contribution in [1.29, 1.82) is 5.26 Å². The van der Waals surface area contributed by atoms with E-state index in [1.807, 2.05) is 0 Å². The van der Waals surface area contributed by atoms with Gasteiger partial charge in [-0.1, -0.05) is 0 Å². The van der Waals surface area contributed by atoms with Gasteiger partial charge in [0.15, 0.2) is 0 Å². The van der Waals surface area contributed by atoms with Gasteiger partial charge >= 0.3 is 0 Å². The van der Waals surface area contributed by atoms with E-state index >= 15 is 0 Å². The Morgan fingerprint density at radius 1 is 1.60 bits per heavy atom. The minimum Gasteiger partial charge on any atom is -0.299 e. The lowest BCUT2D eigenvalue weighted by Crippen LogP contribution is -2.36. The maximum absolute atomic E-state index is 11.0. The Morgan fingerprint density at radius 3 is 2.70 bits per heavy atom. The lowest BCUT2D eigenvalue weighted by Gasteiger charge is -2.37. The fraction of sp³-hybridized carbons (Fsp3) is 0.750. The van der Waals surface area contributed by atoms with Crippen LogP contribution in [0.25, 0.3) is 0 Å². The number of ketones is 1. The Kier molecular flexibility index (Phi) is 0.947. The van der Waals surface area contributed by atoms with Crippen molar-refractivity contribution in [2.75, 3.05) is 0 Å². The average molecular weight is 135 g/mol. The number of fused-ring (bicyclic) bond motifs is 1.